The highest BCUT2D eigenvalue weighted by Gasteiger charge is 2.25. The molecule has 1 saturated heterocycles. The van der Waals surface area contributed by atoms with Crippen molar-refractivity contribution in [2.45, 2.75) is 19.8 Å². The summed E-state index contributed by atoms with van der Waals surface area (Å²) in [6.07, 6.45) is 3.76. The van der Waals surface area contributed by atoms with Crippen molar-refractivity contribution in [3.8, 4) is 0 Å². The summed E-state index contributed by atoms with van der Waals surface area (Å²) in [5, 5.41) is 0.481. The maximum atomic E-state index is 12.9. The Kier molecular flexibility index (Phi) is 3.40. The minimum atomic E-state index is -0.141. The molecule has 3 aromatic rings. The average Bonchev–Trinajstić information content (AvgIpc) is 2.93. The van der Waals surface area contributed by atoms with E-state index in [0.717, 1.165) is 25.9 Å². The monoisotopic (exact) mass is 324 g/mol. The van der Waals surface area contributed by atoms with Gasteiger partial charge in [-0.3, -0.25) is 14.0 Å². The van der Waals surface area contributed by atoms with Crippen LogP contribution in [-0.2, 0) is 7.05 Å². The van der Waals surface area contributed by atoms with Crippen molar-refractivity contribution in [1.82, 2.24) is 18.9 Å². The van der Waals surface area contributed by atoms with E-state index in [9.17, 15) is 9.59 Å². The lowest BCUT2D eigenvalue weighted by atomic mass is 9.99. The molecule has 1 aliphatic heterocycles. The van der Waals surface area contributed by atoms with E-state index in [1.54, 1.807) is 36.0 Å². The van der Waals surface area contributed by atoms with Crippen LogP contribution in [0.5, 0.6) is 0 Å². The number of nitrogens with zero attached hydrogens (tertiary/aromatic N) is 4. The van der Waals surface area contributed by atoms with Gasteiger partial charge in [0, 0.05) is 26.3 Å². The largest absolute Gasteiger partial charge is 0.337 e. The minimum Gasteiger partial charge on any atom is -0.337 e. The maximum absolute atomic E-state index is 12.9. The molecule has 4 rings (SSSR count). The van der Waals surface area contributed by atoms with Gasteiger partial charge in [-0.2, -0.15) is 0 Å². The number of hydrogen-bond donors (Lipinski definition) is 0. The summed E-state index contributed by atoms with van der Waals surface area (Å²) < 4.78 is 3.25. The summed E-state index contributed by atoms with van der Waals surface area (Å²) in [6, 6.07) is 7.12. The van der Waals surface area contributed by atoms with Gasteiger partial charge < -0.3 is 9.47 Å². The molecule has 24 heavy (non-hydrogen) atoms. The van der Waals surface area contributed by atoms with Gasteiger partial charge in [0.25, 0.3) is 11.5 Å². The Morgan fingerprint density at radius 1 is 1.25 bits per heavy atom. The number of likely N-dealkylation sites (tertiary alicyclic amines) is 1. The van der Waals surface area contributed by atoms with Gasteiger partial charge in [0.2, 0.25) is 0 Å². The second-order valence-corrected chi connectivity index (χ2v) is 6.65. The molecule has 124 valence electrons. The molecule has 0 aliphatic carbocycles. The third-order valence-corrected chi connectivity index (χ3v) is 5.00. The molecule has 0 N–H and O–H groups in total. The van der Waals surface area contributed by atoms with Gasteiger partial charge in [-0.05, 0) is 37.0 Å². The highest BCUT2D eigenvalue weighted by atomic mass is 16.2. The first-order valence-electron chi connectivity index (χ1n) is 8.32. The van der Waals surface area contributed by atoms with Crippen molar-refractivity contribution >= 4 is 22.6 Å². The minimum absolute atomic E-state index is 0.0177. The molecule has 1 fully saturated rings. The topological polar surface area (TPSA) is 59.6 Å². The first-order chi connectivity index (χ1) is 11.6. The molecular weight excluding hydrogens is 304 g/mol. The van der Waals surface area contributed by atoms with Crippen molar-refractivity contribution < 1.29 is 4.79 Å². The van der Waals surface area contributed by atoms with Crippen molar-refractivity contribution in [3.63, 3.8) is 0 Å². The molecule has 6 heteroatoms. The maximum Gasteiger partial charge on any atom is 0.270 e. The number of rotatable bonds is 1. The molecule has 0 saturated carbocycles. The Labute approximate surface area is 139 Å². The van der Waals surface area contributed by atoms with Crippen LogP contribution in [0.3, 0.4) is 0 Å². The number of pyridine rings is 1. The summed E-state index contributed by atoms with van der Waals surface area (Å²) >= 11 is 0. The molecule has 1 aliphatic rings. The lowest BCUT2D eigenvalue weighted by molar-refractivity contribution is 0.0688. The molecule has 4 heterocycles. The van der Waals surface area contributed by atoms with Crippen LogP contribution in [0, 0.1) is 5.92 Å². The van der Waals surface area contributed by atoms with Crippen molar-refractivity contribution in [1.29, 1.82) is 0 Å². The standard InChI is InChI=1S/C18H20N4O2/c1-12-6-9-21(10-7-12)18(24)14-11-13-16(20(14)2)19-15-5-3-4-8-22(15)17(13)23/h3-5,8,11-12H,6-7,9-10H2,1-2H3. The van der Waals surface area contributed by atoms with E-state index in [4.69, 9.17) is 0 Å². The molecule has 0 unspecified atom stereocenters. The fraction of sp³-hybridized carbons (Fsp3) is 0.389. The normalized spacial score (nSPS) is 16.2. The van der Waals surface area contributed by atoms with E-state index in [2.05, 4.69) is 11.9 Å². The molecule has 3 aromatic heterocycles. The fourth-order valence-electron chi connectivity index (χ4n) is 3.40. The third kappa shape index (κ3) is 2.21. The Bertz CT molecular complexity index is 993. The van der Waals surface area contributed by atoms with Gasteiger partial charge in [0.05, 0.1) is 5.39 Å². The van der Waals surface area contributed by atoms with E-state index in [-0.39, 0.29) is 11.5 Å². The van der Waals surface area contributed by atoms with E-state index in [1.807, 2.05) is 11.0 Å². The number of aryl methyl sites for hydroxylation is 1. The van der Waals surface area contributed by atoms with Crippen LogP contribution in [-0.4, -0.2) is 37.8 Å². The summed E-state index contributed by atoms with van der Waals surface area (Å²) in [6.45, 7) is 3.76. The van der Waals surface area contributed by atoms with Gasteiger partial charge >= 0.3 is 0 Å². The van der Waals surface area contributed by atoms with Gasteiger partial charge in [-0.1, -0.05) is 13.0 Å². The first kappa shape index (κ1) is 14.9. The number of piperidine rings is 1. The molecule has 0 bridgehead atoms. The SMILES string of the molecule is CC1CCN(C(=O)c2cc3c(=O)n4ccccc4nc3n2C)CC1. The second kappa shape index (κ2) is 5.47. The second-order valence-electron chi connectivity index (χ2n) is 6.65. The van der Waals surface area contributed by atoms with Crippen molar-refractivity contribution in [2.24, 2.45) is 13.0 Å². The van der Waals surface area contributed by atoms with Crippen LogP contribution in [0.4, 0.5) is 0 Å². The number of fused-ring (bicyclic) bond motifs is 2. The quantitative estimate of drug-likeness (QED) is 0.688. The van der Waals surface area contributed by atoms with Crippen LogP contribution >= 0.6 is 0 Å². The zero-order chi connectivity index (χ0) is 16.8. The fourth-order valence-corrected chi connectivity index (χ4v) is 3.40. The molecule has 1 amide bonds. The number of amides is 1. The zero-order valence-corrected chi connectivity index (χ0v) is 13.9. The number of carbonyl (C=O) groups excluding carboxylic acids is 1. The predicted molar refractivity (Wildman–Crippen MR) is 92.2 cm³/mol. The Morgan fingerprint density at radius 2 is 2.00 bits per heavy atom. The molecule has 6 nitrogen and oxygen atoms in total. The zero-order valence-electron chi connectivity index (χ0n) is 13.9. The number of hydrogen-bond acceptors (Lipinski definition) is 3. The van der Waals surface area contributed by atoms with Crippen molar-refractivity contribution in [3.05, 3.63) is 46.5 Å². The van der Waals surface area contributed by atoms with Crippen LogP contribution < -0.4 is 5.56 Å². The highest BCUT2D eigenvalue weighted by Crippen LogP contribution is 2.21. The Morgan fingerprint density at radius 3 is 2.75 bits per heavy atom. The number of aromatic nitrogens is 3. The molecule has 0 radical (unpaired) electrons. The van der Waals surface area contributed by atoms with Gasteiger partial charge in [0.15, 0.2) is 0 Å². The van der Waals surface area contributed by atoms with E-state index in [1.165, 1.54) is 4.40 Å². The summed E-state index contributed by atoms with van der Waals surface area (Å²) in [5.41, 5.74) is 1.53. The van der Waals surface area contributed by atoms with Gasteiger partial charge in [0.1, 0.15) is 17.0 Å². The lowest BCUT2D eigenvalue weighted by Crippen LogP contribution is -2.38. The molecule has 0 spiro atoms. The number of carbonyl (C=O) groups is 1. The molecular formula is C18H20N4O2. The smallest absolute Gasteiger partial charge is 0.270 e. The van der Waals surface area contributed by atoms with Crippen LogP contribution in [0.25, 0.3) is 16.7 Å². The Hall–Kier alpha value is -2.63. The van der Waals surface area contributed by atoms with Crippen LogP contribution in [0.2, 0.25) is 0 Å². The molecule has 0 aromatic carbocycles. The summed E-state index contributed by atoms with van der Waals surface area (Å²) in [5.74, 6) is 0.647. The highest BCUT2D eigenvalue weighted by molar-refractivity contribution is 5.98. The summed E-state index contributed by atoms with van der Waals surface area (Å²) in [7, 11) is 1.80. The average molecular weight is 324 g/mol. The lowest BCUT2D eigenvalue weighted by Gasteiger charge is -2.30. The van der Waals surface area contributed by atoms with E-state index < -0.39 is 0 Å². The van der Waals surface area contributed by atoms with Crippen LogP contribution in [0.15, 0.2) is 35.3 Å². The van der Waals surface area contributed by atoms with Crippen LogP contribution in [0.1, 0.15) is 30.3 Å². The van der Waals surface area contributed by atoms with Gasteiger partial charge in [-0.25, -0.2) is 4.98 Å². The van der Waals surface area contributed by atoms with Gasteiger partial charge in [-0.15, -0.1) is 0 Å². The first-order valence-corrected chi connectivity index (χ1v) is 8.32. The van der Waals surface area contributed by atoms with E-state index in [0.29, 0.717) is 28.3 Å². The molecule has 0 atom stereocenters. The third-order valence-electron chi connectivity index (χ3n) is 5.00. The van der Waals surface area contributed by atoms with Crippen molar-refractivity contribution in [2.75, 3.05) is 13.1 Å². The van der Waals surface area contributed by atoms with E-state index >= 15 is 0 Å². The summed E-state index contributed by atoms with van der Waals surface area (Å²) in [4.78, 5) is 32.0. The Balaban J connectivity index is 1.83. The predicted octanol–water partition coefficient (Wildman–Crippen LogP) is 2.06.